The fourth-order valence-electron chi connectivity index (χ4n) is 4.48. The van der Waals surface area contributed by atoms with Crippen LogP contribution in [0.1, 0.15) is 109 Å². The topological polar surface area (TPSA) is 85.4 Å². The van der Waals surface area contributed by atoms with Crippen molar-refractivity contribution in [2.24, 2.45) is 0 Å². The number of phenolic OH excluding ortho intramolecular Hbond substituents is 1. The molecule has 0 unspecified atom stereocenters. The van der Waals surface area contributed by atoms with Crippen LogP contribution in [0.5, 0.6) is 5.75 Å². The lowest BCUT2D eigenvalue weighted by molar-refractivity contribution is -0.121. The first-order valence-corrected chi connectivity index (χ1v) is 13.3. The molecule has 0 saturated carbocycles. The van der Waals surface area contributed by atoms with Gasteiger partial charge in [-0.1, -0.05) is 77.6 Å². The Balaban J connectivity index is 1.39. The number of aliphatic hydroxyl groups excluding tert-OH is 1. The predicted molar refractivity (Wildman–Crippen MR) is 138 cm³/mol. The number of hydrogen-bond donors (Lipinski definition) is 4. The molecule has 0 aliphatic heterocycles. The van der Waals surface area contributed by atoms with Crippen LogP contribution in [0.2, 0.25) is 0 Å². The smallest absolute Gasteiger partial charge is 0.220 e. The summed E-state index contributed by atoms with van der Waals surface area (Å²) in [6.45, 7) is 2.84. The molecule has 4 N–H and O–H groups in total. The Labute approximate surface area is 200 Å². The molecule has 1 amide bonds. The molecule has 186 valence electrons. The molecule has 1 atom stereocenters. The Kier molecular flexibility index (Phi) is 13.7. The first-order valence-electron chi connectivity index (χ1n) is 13.3. The van der Waals surface area contributed by atoms with Crippen molar-refractivity contribution in [3.8, 4) is 5.75 Å². The summed E-state index contributed by atoms with van der Waals surface area (Å²) in [5.74, 6) is 0.394. The summed E-state index contributed by atoms with van der Waals surface area (Å²) in [4.78, 5) is 15.3. The highest BCUT2D eigenvalue weighted by Gasteiger charge is 2.06. The zero-order chi connectivity index (χ0) is 23.7. The highest BCUT2D eigenvalue weighted by atomic mass is 16.3. The molecule has 0 spiro atoms. The van der Waals surface area contributed by atoms with Crippen molar-refractivity contribution in [1.29, 1.82) is 0 Å². The average Bonchev–Trinajstić information content (AvgIpc) is 3.20. The van der Waals surface area contributed by atoms with Gasteiger partial charge in [-0.3, -0.25) is 4.79 Å². The Hall–Kier alpha value is -2.01. The van der Waals surface area contributed by atoms with E-state index in [0.717, 1.165) is 55.0 Å². The van der Waals surface area contributed by atoms with Crippen molar-refractivity contribution in [2.45, 2.75) is 116 Å². The summed E-state index contributed by atoms with van der Waals surface area (Å²) < 4.78 is 0. The monoisotopic (exact) mass is 458 g/mol. The zero-order valence-corrected chi connectivity index (χ0v) is 20.7. The number of phenols is 1. The lowest BCUT2D eigenvalue weighted by atomic mass is 10.0. The molecule has 2 rings (SSSR count). The van der Waals surface area contributed by atoms with Crippen molar-refractivity contribution in [3.05, 3.63) is 30.0 Å². The summed E-state index contributed by atoms with van der Waals surface area (Å²) in [6, 6.07) is 5.31. The summed E-state index contributed by atoms with van der Waals surface area (Å²) >= 11 is 0. The van der Waals surface area contributed by atoms with Crippen molar-refractivity contribution >= 4 is 16.8 Å². The van der Waals surface area contributed by atoms with Crippen LogP contribution >= 0.6 is 0 Å². The maximum absolute atomic E-state index is 12.1. The van der Waals surface area contributed by atoms with E-state index < -0.39 is 0 Å². The van der Waals surface area contributed by atoms with E-state index in [2.05, 4.69) is 17.2 Å². The first-order chi connectivity index (χ1) is 16.1. The number of aromatic nitrogens is 1. The van der Waals surface area contributed by atoms with Crippen LogP contribution in [0.25, 0.3) is 10.9 Å². The fourth-order valence-corrected chi connectivity index (χ4v) is 4.48. The molecule has 0 bridgehead atoms. The minimum Gasteiger partial charge on any atom is -0.508 e. The summed E-state index contributed by atoms with van der Waals surface area (Å²) in [5, 5.41) is 23.7. The molecule has 1 aromatic carbocycles. The van der Waals surface area contributed by atoms with E-state index in [1.807, 2.05) is 12.3 Å². The second-order valence-corrected chi connectivity index (χ2v) is 9.51. The van der Waals surface area contributed by atoms with E-state index in [-0.39, 0.29) is 17.8 Å². The highest BCUT2D eigenvalue weighted by Crippen LogP contribution is 2.23. The Morgan fingerprint density at radius 1 is 0.939 bits per heavy atom. The molecule has 33 heavy (non-hydrogen) atoms. The molecule has 5 nitrogen and oxygen atoms in total. The highest BCUT2D eigenvalue weighted by molar-refractivity contribution is 5.84. The quantitative estimate of drug-likeness (QED) is 0.175. The number of carbonyl (C=O) groups excluding carboxylic acids is 1. The van der Waals surface area contributed by atoms with Gasteiger partial charge in [-0.05, 0) is 49.4 Å². The third kappa shape index (κ3) is 11.6. The number of H-pyrrole nitrogens is 1. The van der Waals surface area contributed by atoms with Crippen LogP contribution in [0, 0.1) is 0 Å². The lowest BCUT2D eigenvalue weighted by Crippen LogP contribution is -2.25. The van der Waals surface area contributed by atoms with E-state index in [9.17, 15) is 15.0 Å². The standard InChI is InChI=1S/C28H46N2O3/c1-2-3-4-11-14-24(31)15-12-9-7-5-6-8-10-13-16-28(33)29-20-19-23-22-30-27-18-17-25(32)21-26(23)27/h17-18,21-22,24,30-32H,2-16,19-20H2,1H3,(H,29,33)/t24-/m1/s1. The third-order valence-corrected chi connectivity index (χ3v) is 6.55. The fraction of sp³-hybridized carbons (Fsp3) is 0.679. The van der Waals surface area contributed by atoms with E-state index in [0.29, 0.717) is 13.0 Å². The molecular weight excluding hydrogens is 412 g/mol. The van der Waals surface area contributed by atoms with E-state index in [1.54, 1.807) is 12.1 Å². The van der Waals surface area contributed by atoms with Crippen LogP contribution in [0.4, 0.5) is 0 Å². The van der Waals surface area contributed by atoms with Crippen molar-refractivity contribution in [3.63, 3.8) is 0 Å². The number of aliphatic hydroxyl groups is 1. The van der Waals surface area contributed by atoms with Gasteiger partial charge in [0.25, 0.3) is 0 Å². The molecule has 0 aliphatic carbocycles. The normalized spacial score (nSPS) is 12.3. The van der Waals surface area contributed by atoms with Gasteiger partial charge in [0.15, 0.2) is 0 Å². The molecule has 0 radical (unpaired) electrons. The number of fused-ring (bicyclic) bond motifs is 1. The van der Waals surface area contributed by atoms with Crippen LogP contribution in [0.3, 0.4) is 0 Å². The second kappa shape index (κ2) is 16.6. The van der Waals surface area contributed by atoms with Gasteiger partial charge in [0.05, 0.1) is 6.10 Å². The van der Waals surface area contributed by atoms with Gasteiger partial charge in [0.2, 0.25) is 5.91 Å². The van der Waals surface area contributed by atoms with Gasteiger partial charge in [-0.15, -0.1) is 0 Å². The predicted octanol–water partition coefficient (Wildman–Crippen LogP) is 6.76. The number of aromatic hydroxyl groups is 1. The maximum Gasteiger partial charge on any atom is 0.220 e. The molecule has 2 aromatic rings. The Morgan fingerprint density at radius 2 is 1.58 bits per heavy atom. The van der Waals surface area contributed by atoms with E-state index in [4.69, 9.17) is 0 Å². The Morgan fingerprint density at radius 3 is 2.27 bits per heavy atom. The Bertz CT molecular complexity index is 787. The third-order valence-electron chi connectivity index (χ3n) is 6.55. The molecule has 1 heterocycles. The van der Waals surface area contributed by atoms with Gasteiger partial charge in [0.1, 0.15) is 5.75 Å². The average molecular weight is 459 g/mol. The van der Waals surface area contributed by atoms with Crippen molar-refractivity contribution in [1.82, 2.24) is 10.3 Å². The lowest BCUT2D eigenvalue weighted by Gasteiger charge is -2.10. The SMILES string of the molecule is CCCCCC[C@@H](O)CCCCCCCCCCC(=O)NCCc1c[nH]c2ccc(O)cc12. The minimum absolute atomic E-state index is 0.0937. The van der Waals surface area contributed by atoms with Gasteiger partial charge in [-0.25, -0.2) is 0 Å². The zero-order valence-electron chi connectivity index (χ0n) is 20.7. The van der Waals surface area contributed by atoms with Crippen LogP contribution in [-0.4, -0.2) is 33.8 Å². The molecule has 0 saturated heterocycles. The second-order valence-electron chi connectivity index (χ2n) is 9.51. The molecule has 1 aromatic heterocycles. The van der Waals surface area contributed by atoms with Crippen molar-refractivity contribution < 1.29 is 15.0 Å². The van der Waals surface area contributed by atoms with Gasteiger partial charge in [0, 0.05) is 30.1 Å². The van der Waals surface area contributed by atoms with E-state index in [1.165, 1.54) is 57.8 Å². The number of amides is 1. The van der Waals surface area contributed by atoms with Crippen LogP contribution in [-0.2, 0) is 11.2 Å². The largest absolute Gasteiger partial charge is 0.508 e. The molecular formula is C28H46N2O3. The summed E-state index contributed by atoms with van der Waals surface area (Å²) in [5.41, 5.74) is 2.12. The number of benzene rings is 1. The number of rotatable bonds is 19. The summed E-state index contributed by atoms with van der Waals surface area (Å²) in [6.07, 6.45) is 19.5. The van der Waals surface area contributed by atoms with Crippen LogP contribution < -0.4 is 5.32 Å². The van der Waals surface area contributed by atoms with Gasteiger partial charge in [-0.2, -0.15) is 0 Å². The van der Waals surface area contributed by atoms with E-state index >= 15 is 0 Å². The number of carbonyl (C=O) groups is 1. The first kappa shape index (κ1) is 27.2. The number of aromatic amines is 1. The molecule has 0 fully saturated rings. The minimum atomic E-state index is -0.0937. The number of unbranched alkanes of at least 4 members (excludes halogenated alkanes) is 10. The van der Waals surface area contributed by atoms with Crippen LogP contribution in [0.15, 0.2) is 24.4 Å². The van der Waals surface area contributed by atoms with Crippen molar-refractivity contribution in [2.75, 3.05) is 6.54 Å². The maximum atomic E-state index is 12.1. The summed E-state index contributed by atoms with van der Waals surface area (Å²) in [7, 11) is 0. The number of hydrogen-bond acceptors (Lipinski definition) is 3. The molecule has 0 aliphatic rings. The van der Waals surface area contributed by atoms with Gasteiger partial charge < -0.3 is 20.5 Å². The number of nitrogens with one attached hydrogen (secondary N) is 2. The molecule has 5 heteroatoms. The van der Waals surface area contributed by atoms with Gasteiger partial charge >= 0.3 is 0 Å².